The van der Waals surface area contributed by atoms with Crippen LogP contribution >= 0.6 is 0 Å². The summed E-state index contributed by atoms with van der Waals surface area (Å²) in [7, 11) is 3.32. The minimum atomic E-state index is -0.106. The fraction of sp³-hybridized carbons (Fsp3) is 0.348. The van der Waals surface area contributed by atoms with E-state index in [2.05, 4.69) is 4.90 Å². The van der Waals surface area contributed by atoms with Crippen molar-refractivity contribution in [3.63, 3.8) is 0 Å². The quantitative estimate of drug-likeness (QED) is 0.548. The molecule has 0 N–H and O–H groups in total. The van der Waals surface area contributed by atoms with Crippen LogP contribution in [0.3, 0.4) is 0 Å². The van der Waals surface area contributed by atoms with Crippen molar-refractivity contribution in [2.24, 2.45) is 0 Å². The topological polar surface area (TPSA) is 57.2 Å². The Morgan fingerprint density at radius 3 is 2.86 bits per heavy atom. The SMILES string of the molecule is COCCCN1COc2c(cc3c(c2C)O/C(=C\c2cccc(OC)c2)C3=O)C1. The third-order valence-corrected chi connectivity index (χ3v) is 5.22. The van der Waals surface area contributed by atoms with Crippen LogP contribution in [-0.4, -0.2) is 44.8 Å². The summed E-state index contributed by atoms with van der Waals surface area (Å²) >= 11 is 0. The summed E-state index contributed by atoms with van der Waals surface area (Å²) in [6, 6.07) is 9.43. The zero-order valence-electron chi connectivity index (χ0n) is 17.0. The Morgan fingerprint density at radius 1 is 1.21 bits per heavy atom. The van der Waals surface area contributed by atoms with E-state index < -0.39 is 0 Å². The maximum absolute atomic E-state index is 13.0. The van der Waals surface area contributed by atoms with Gasteiger partial charge < -0.3 is 18.9 Å². The third-order valence-electron chi connectivity index (χ3n) is 5.22. The van der Waals surface area contributed by atoms with Gasteiger partial charge in [-0.25, -0.2) is 0 Å². The van der Waals surface area contributed by atoms with Gasteiger partial charge in [-0.2, -0.15) is 0 Å². The second kappa shape index (κ2) is 8.27. The number of methoxy groups -OCH3 is 2. The lowest BCUT2D eigenvalue weighted by Gasteiger charge is -2.30. The first-order chi connectivity index (χ1) is 14.1. The van der Waals surface area contributed by atoms with E-state index in [1.54, 1.807) is 20.3 Å². The van der Waals surface area contributed by atoms with Crippen LogP contribution in [0.4, 0.5) is 0 Å². The smallest absolute Gasteiger partial charge is 0.231 e. The van der Waals surface area contributed by atoms with Crippen molar-refractivity contribution in [2.45, 2.75) is 19.9 Å². The molecule has 0 aliphatic carbocycles. The highest BCUT2D eigenvalue weighted by Crippen LogP contribution is 2.43. The lowest BCUT2D eigenvalue weighted by Crippen LogP contribution is -2.33. The van der Waals surface area contributed by atoms with Gasteiger partial charge in [-0.05, 0) is 43.2 Å². The second-order valence-corrected chi connectivity index (χ2v) is 7.26. The molecule has 29 heavy (non-hydrogen) atoms. The molecule has 0 unspecified atom stereocenters. The molecule has 4 rings (SSSR count). The lowest BCUT2D eigenvalue weighted by atomic mass is 10.00. The molecule has 0 bridgehead atoms. The van der Waals surface area contributed by atoms with E-state index in [0.29, 0.717) is 23.8 Å². The second-order valence-electron chi connectivity index (χ2n) is 7.26. The predicted octanol–water partition coefficient (Wildman–Crippen LogP) is 3.81. The average molecular weight is 395 g/mol. The molecule has 6 heteroatoms. The van der Waals surface area contributed by atoms with Crippen LogP contribution in [0, 0.1) is 6.92 Å². The van der Waals surface area contributed by atoms with Gasteiger partial charge in [0.15, 0.2) is 5.76 Å². The molecular formula is C23H25NO5. The minimum absolute atomic E-state index is 0.106. The van der Waals surface area contributed by atoms with Crippen molar-refractivity contribution in [1.82, 2.24) is 4.90 Å². The number of carbonyl (C=O) groups is 1. The number of Topliss-reactive ketones (excluding diaryl/α,β-unsaturated/α-hetero) is 1. The van der Waals surface area contributed by atoms with Gasteiger partial charge in [-0.3, -0.25) is 9.69 Å². The van der Waals surface area contributed by atoms with E-state index >= 15 is 0 Å². The molecule has 0 aromatic heterocycles. The Labute approximate surface area is 170 Å². The number of rotatable bonds is 6. The minimum Gasteiger partial charge on any atom is -0.497 e. The van der Waals surface area contributed by atoms with Crippen LogP contribution in [0.15, 0.2) is 36.1 Å². The molecule has 0 saturated carbocycles. The summed E-state index contributed by atoms with van der Waals surface area (Å²) in [5.74, 6) is 2.36. The number of nitrogens with zero attached hydrogens (tertiary/aromatic N) is 1. The van der Waals surface area contributed by atoms with Gasteiger partial charge in [-0.15, -0.1) is 0 Å². The maximum atomic E-state index is 13.0. The van der Waals surface area contributed by atoms with E-state index in [-0.39, 0.29) is 5.78 Å². The predicted molar refractivity (Wildman–Crippen MR) is 110 cm³/mol. The average Bonchev–Trinajstić information content (AvgIpc) is 3.04. The highest BCUT2D eigenvalue weighted by atomic mass is 16.5. The summed E-state index contributed by atoms with van der Waals surface area (Å²) in [6.45, 7) is 4.82. The van der Waals surface area contributed by atoms with Crippen molar-refractivity contribution in [3.05, 3.63) is 58.3 Å². The summed E-state index contributed by atoms with van der Waals surface area (Å²) in [6.07, 6.45) is 2.69. The number of ether oxygens (including phenoxy) is 4. The van der Waals surface area contributed by atoms with Crippen molar-refractivity contribution < 1.29 is 23.7 Å². The molecule has 0 fully saturated rings. The van der Waals surface area contributed by atoms with Crippen molar-refractivity contribution in [2.75, 3.05) is 34.1 Å². The highest BCUT2D eigenvalue weighted by molar-refractivity contribution is 6.15. The van der Waals surface area contributed by atoms with Gasteiger partial charge in [0.1, 0.15) is 24.0 Å². The van der Waals surface area contributed by atoms with Crippen LogP contribution in [-0.2, 0) is 11.3 Å². The molecule has 2 aliphatic rings. The van der Waals surface area contributed by atoms with E-state index in [9.17, 15) is 4.79 Å². The number of hydrogen-bond donors (Lipinski definition) is 0. The molecule has 0 radical (unpaired) electrons. The Morgan fingerprint density at radius 2 is 2.07 bits per heavy atom. The Balaban J connectivity index is 1.60. The van der Waals surface area contributed by atoms with E-state index in [4.69, 9.17) is 18.9 Å². The molecule has 0 amide bonds. The first kappa shape index (κ1) is 19.5. The molecule has 2 aliphatic heterocycles. The lowest BCUT2D eigenvalue weighted by molar-refractivity contribution is 0.0826. The number of hydrogen-bond acceptors (Lipinski definition) is 6. The summed E-state index contributed by atoms with van der Waals surface area (Å²) in [5, 5.41) is 0. The number of carbonyl (C=O) groups excluding carboxylic acids is 1. The fourth-order valence-electron chi connectivity index (χ4n) is 3.76. The molecule has 2 heterocycles. The molecule has 152 valence electrons. The van der Waals surface area contributed by atoms with Gasteiger partial charge in [0, 0.05) is 37.9 Å². The maximum Gasteiger partial charge on any atom is 0.231 e. The van der Waals surface area contributed by atoms with Gasteiger partial charge in [0.2, 0.25) is 5.78 Å². The first-order valence-electron chi connectivity index (χ1n) is 9.69. The van der Waals surface area contributed by atoms with Gasteiger partial charge in [-0.1, -0.05) is 12.1 Å². The Hall–Kier alpha value is -2.83. The first-order valence-corrected chi connectivity index (χ1v) is 9.69. The highest BCUT2D eigenvalue weighted by Gasteiger charge is 2.33. The third kappa shape index (κ3) is 3.86. The summed E-state index contributed by atoms with van der Waals surface area (Å²) in [4.78, 5) is 15.2. The largest absolute Gasteiger partial charge is 0.497 e. The Kier molecular flexibility index (Phi) is 5.56. The normalized spacial score (nSPS) is 16.9. The van der Waals surface area contributed by atoms with Gasteiger partial charge in [0.25, 0.3) is 0 Å². The molecule has 2 aromatic rings. The molecule has 2 aromatic carbocycles. The zero-order valence-corrected chi connectivity index (χ0v) is 17.0. The van der Waals surface area contributed by atoms with Gasteiger partial charge in [0.05, 0.1) is 12.7 Å². The van der Waals surface area contributed by atoms with E-state index in [1.165, 1.54) is 0 Å². The van der Waals surface area contributed by atoms with Crippen LogP contribution in [0.25, 0.3) is 6.08 Å². The van der Waals surface area contributed by atoms with Crippen LogP contribution < -0.4 is 14.2 Å². The number of allylic oxidation sites excluding steroid dienone is 1. The number of ketones is 1. The van der Waals surface area contributed by atoms with Crippen LogP contribution in [0.5, 0.6) is 17.2 Å². The van der Waals surface area contributed by atoms with E-state index in [0.717, 1.165) is 54.3 Å². The number of fused-ring (bicyclic) bond motifs is 2. The monoisotopic (exact) mass is 395 g/mol. The molecule has 0 spiro atoms. The van der Waals surface area contributed by atoms with Crippen molar-refractivity contribution in [1.29, 1.82) is 0 Å². The summed E-state index contributed by atoms with van der Waals surface area (Å²) < 4.78 is 22.3. The van der Waals surface area contributed by atoms with Crippen LogP contribution in [0.2, 0.25) is 0 Å². The molecule has 6 nitrogen and oxygen atoms in total. The standard InChI is InChI=1S/C23H25NO5/c1-15-22-17(13-24(14-28-22)8-5-9-26-2)12-19-21(25)20(29-23(15)19)11-16-6-4-7-18(10-16)27-3/h4,6-7,10-12H,5,8-9,13-14H2,1-3H3/b20-11-. The molecule has 0 saturated heterocycles. The Bertz CT molecular complexity index is 966. The summed E-state index contributed by atoms with van der Waals surface area (Å²) in [5.41, 5.74) is 3.34. The molecule has 0 atom stereocenters. The zero-order chi connectivity index (χ0) is 20.4. The molecular weight excluding hydrogens is 370 g/mol. The fourth-order valence-corrected chi connectivity index (χ4v) is 3.76. The van der Waals surface area contributed by atoms with Crippen molar-refractivity contribution in [3.8, 4) is 17.2 Å². The van der Waals surface area contributed by atoms with Crippen molar-refractivity contribution >= 4 is 11.9 Å². The number of benzene rings is 2. The van der Waals surface area contributed by atoms with E-state index in [1.807, 2.05) is 37.3 Å². The van der Waals surface area contributed by atoms with Crippen LogP contribution in [0.1, 0.15) is 33.5 Å². The van der Waals surface area contributed by atoms with Gasteiger partial charge >= 0.3 is 0 Å².